The van der Waals surface area contributed by atoms with Crippen LogP contribution in [-0.4, -0.2) is 38.7 Å². The van der Waals surface area contributed by atoms with Crippen molar-refractivity contribution >= 4 is 16.0 Å². The molecule has 0 aromatic heterocycles. The van der Waals surface area contributed by atoms with Crippen LogP contribution in [0, 0.1) is 12.8 Å². The first kappa shape index (κ1) is 15.9. The van der Waals surface area contributed by atoms with E-state index >= 15 is 0 Å². The van der Waals surface area contributed by atoms with E-state index in [1.807, 2.05) is 6.92 Å². The fraction of sp³-hybridized carbons (Fsp3) is 0.500. The Bertz CT molecular complexity index is 641. The summed E-state index contributed by atoms with van der Waals surface area (Å²) in [6, 6.07) is 4.24. The molecule has 6 nitrogen and oxygen atoms in total. The molecule has 0 amide bonds. The fourth-order valence-corrected chi connectivity index (χ4v) is 3.84. The summed E-state index contributed by atoms with van der Waals surface area (Å²) in [6.07, 6.45) is 0.844. The van der Waals surface area contributed by atoms with E-state index in [4.69, 9.17) is 9.84 Å². The van der Waals surface area contributed by atoms with Crippen molar-refractivity contribution in [2.75, 3.05) is 13.2 Å². The highest BCUT2D eigenvalue weighted by Crippen LogP contribution is 2.22. The Labute approximate surface area is 124 Å². The molecule has 1 heterocycles. The lowest BCUT2D eigenvalue weighted by molar-refractivity contribution is 0.0695. The molecule has 21 heavy (non-hydrogen) atoms. The summed E-state index contributed by atoms with van der Waals surface area (Å²) in [6.45, 7) is 4.35. The van der Waals surface area contributed by atoms with E-state index in [0.717, 1.165) is 6.42 Å². The summed E-state index contributed by atoms with van der Waals surface area (Å²) in [5.41, 5.74) is 0.240. The van der Waals surface area contributed by atoms with Crippen LogP contribution in [0.15, 0.2) is 23.1 Å². The lowest BCUT2D eigenvalue weighted by atomic mass is 10.0. The summed E-state index contributed by atoms with van der Waals surface area (Å²) < 4.78 is 32.6. The Kier molecular flexibility index (Phi) is 4.65. The van der Waals surface area contributed by atoms with Gasteiger partial charge in [-0.15, -0.1) is 0 Å². The van der Waals surface area contributed by atoms with E-state index in [1.54, 1.807) is 0 Å². The van der Waals surface area contributed by atoms with E-state index in [2.05, 4.69) is 4.72 Å². The van der Waals surface area contributed by atoms with Gasteiger partial charge in [0, 0.05) is 19.1 Å². The van der Waals surface area contributed by atoms with Gasteiger partial charge in [0.25, 0.3) is 0 Å². The number of carboxylic acids is 1. The van der Waals surface area contributed by atoms with Crippen molar-refractivity contribution in [2.24, 2.45) is 5.92 Å². The van der Waals surface area contributed by atoms with Crippen LogP contribution in [0.5, 0.6) is 0 Å². The lowest BCUT2D eigenvalue weighted by Gasteiger charge is -2.16. The van der Waals surface area contributed by atoms with Crippen molar-refractivity contribution in [1.29, 1.82) is 0 Å². The Morgan fingerprint density at radius 2 is 2.19 bits per heavy atom. The Balaban J connectivity index is 2.20. The topological polar surface area (TPSA) is 92.7 Å². The molecule has 1 aliphatic rings. The van der Waals surface area contributed by atoms with Crippen molar-refractivity contribution in [1.82, 2.24) is 4.72 Å². The number of ether oxygens (including phenoxy) is 1. The molecule has 0 saturated carbocycles. The largest absolute Gasteiger partial charge is 0.478 e. The van der Waals surface area contributed by atoms with E-state index < -0.39 is 16.0 Å². The highest BCUT2D eigenvalue weighted by atomic mass is 32.2. The zero-order valence-corrected chi connectivity index (χ0v) is 12.8. The van der Waals surface area contributed by atoms with E-state index in [1.165, 1.54) is 25.1 Å². The predicted octanol–water partition coefficient (Wildman–Crippen LogP) is 1.40. The molecule has 1 fully saturated rings. The molecule has 2 atom stereocenters. The minimum absolute atomic E-state index is 0.00422. The van der Waals surface area contributed by atoms with Crippen LogP contribution in [0.3, 0.4) is 0 Å². The van der Waals surface area contributed by atoms with Crippen LogP contribution in [0.2, 0.25) is 0 Å². The molecule has 0 aliphatic carbocycles. The smallest absolute Gasteiger partial charge is 0.335 e. The second-order valence-electron chi connectivity index (χ2n) is 5.21. The Hall–Kier alpha value is -1.44. The number of carboxylic acid groups (broad SMARTS) is 1. The van der Waals surface area contributed by atoms with Gasteiger partial charge in [-0.2, -0.15) is 0 Å². The van der Waals surface area contributed by atoms with E-state index in [9.17, 15) is 13.2 Å². The molecule has 1 aromatic rings. The normalized spacial score (nSPS) is 22.4. The summed E-state index contributed by atoms with van der Waals surface area (Å²) in [7, 11) is -3.73. The highest BCUT2D eigenvalue weighted by Gasteiger charge is 2.27. The molecule has 1 aromatic carbocycles. The van der Waals surface area contributed by atoms with Gasteiger partial charge in [0.1, 0.15) is 0 Å². The van der Waals surface area contributed by atoms with Gasteiger partial charge in [0.15, 0.2) is 0 Å². The second-order valence-corrected chi connectivity index (χ2v) is 6.95. The third-order valence-electron chi connectivity index (χ3n) is 3.87. The first-order valence-electron chi connectivity index (χ1n) is 6.77. The van der Waals surface area contributed by atoms with Crippen LogP contribution in [0.25, 0.3) is 0 Å². The predicted molar refractivity (Wildman–Crippen MR) is 76.8 cm³/mol. The molecule has 2 rings (SSSR count). The summed E-state index contributed by atoms with van der Waals surface area (Å²) in [4.78, 5) is 11.1. The molecule has 7 heteroatoms. The minimum Gasteiger partial charge on any atom is -0.478 e. The molecular weight excluding hydrogens is 294 g/mol. The molecule has 1 saturated heterocycles. The van der Waals surface area contributed by atoms with Gasteiger partial charge in [0.2, 0.25) is 10.0 Å². The Morgan fingerprint density at radius 3 is 2.76 bits per heavy atom. The lowest BCUT2D eigenvalue weighted by Crippen LogP contribution is -2.32. The summed E-state index contributed by atoms with van der Waals surface area (Å²) >= 11 is 0. The standard InChI is InChI=1S/C14H19NO5S/c1-9-12(14(16)17)4-3-5-13(9)21(18,19)15-8-11-6-7-20-10(11)2/h3-5,10-11,15H,6-8H2,1-2H3,(H,16,17). The molecule has 116 valence electrons. The first-order valence-corrected chi connectivity index (χ1v) is 8.25. The third kappa shape index (κ3) is 3.42. The van der Waals surface area contributed by atoms with Crippen molar-refractivity contribution in [3.05, 3.63) is 29.3 Å². The van der Waals surface area contributed by atoms with Crippen molar-refractivity contribution < 1.29 is 23.1 Å². The Morgan fingerprint density at radius 1 is 1.48 bits per heavy atom. The number of aromatic carboxylic acids is 1. The van der Waals surface area contributed by atoms with Crippen molar-refractivity contribution in [3.8, 4) is 0 Å². The van der Waals surface area contributed by atoms with Gasteiger partial charge >= 0.3 is 5.97 Å². The fourth-order valence-electron chi connectivity index (χ4n) is 2.48. The van der Waals surface area contributed by atoms with Crippen LogP contribution in [-0.2, 0) is 14.8 Å². The molecule has 0 radical (unpaired) electrons. The molecule has 0 bridgehead atoms. The zero-order chi connectivity index (χ0) is 15.6. The second kappa shape index (κ2) is 6.13. The van der Waals surface area contributed by atoms with Gasteiger partial charge in [-0.25, -0.2) is 17.9 Å². The molecule has 0 spiro atoms. The number of carbonyl (C=O) groups is 1. The summed E-state index contributed by atoms with van der Waals surface area (Å²) in [5, 5.41) is 9.06. The number of hydrogen-bond acceptors (Lipinski definition) is 4. The zero-order valence-electron chi connectivity index (χ0n) is 12.0. The van der Waals surface area contributed by atoms with Crippen LogP contribution >= 0.6 is 0 Å². The van der Waals surface area contributed by atoms with Gasteiger partial charge < -0.3 is 9.84 Å². The SMILES string of the molecule is Cc1c(C(=O)O)cccc1S(=O)(=O)NCC1CCOC1C. The van der Waals surface area contributed by atoms with Crippen LogP contribution in [0.1, 0.15) is 29.3 Å². The van der Waals surface area contributed by atoms with Gasteiger partial charge in [-0.3, -0.25) is 0 Å². The highest BCUT2D eigenvalue weighted by molar-refractivity contribution is 7.89. The van der Waals surface area contributed by atoms with E-state index in [-0.39, 0.29) is 28.0 Å². The maximum absolute atomic E-state index is 12.3. The summed E-state index contributed by atoms with van der Waals surface area (Å²) in [5.74, 6) is -0.995. The molecule has 1 aliphatic heterocycles. The quantitative estimate of drug-likeness (QED) is 0.857. The maximum Gasteiger partial charge on any atom is 0.335 e. The molecule has 2 N–H and O–H groups in total. The molecule has 2 unspecified atom stereocenters. The van der Waals surface area contributed by atoms with Crippen LogP contribution < -0.4 is 4.72 Å². The first-order chi connectivity index (χ1) is 9.83. The van der Waals surface area contributed by atoms with Crippen molar-refractivity contribution in [3.63, 3.8) is 0 Å². The number of rotatable bonds is 5. The number of benzene rings is 1. The maximum atomic E-state index is 12.3. The monoisotopic (exact) mass is 313 g/mol. The number of nitrogens with one attached hydrogen (secondary N) is 1. The van der Waals surface area contributed by atoms with Gasteiger partial charge in [-0.05, 0) is 38.0 Å². The minimum atomic E-state index is -3.73. The third-order valence-corrected chi connectivity index (χ3v) is 5.44. The van der Waals surface area contributed by atoms with Gasteiger partial charge in [-0.1, -0.05) is 6.07 Å². The van der Waals surface area contributed by atoms with Crippen molar-refractivity contribution in [2.45, 2.75) is 31.3 Å². The van der Waals surface area contributed by atoms with E-state index in [0.29, 0.717) is 13.2 Å². The van der Waals surface area contributed by atoms with Crippen LogP contribution in [0.4, 0.5) is 0 Å². The average Bonchev–Trinajstić information content (AvgIpc) is 2.82. The number of sulfonamides is 1. The van der Waals surface area contributed by atoms with Gasteiger partial charge in [0.05, 0.1) is 16.6 Å². The number of hydrogen-bond donors (Lipinski definition) is 2. The molecular formula is C14H19NO5S. The average molecular weight is 313 g/mol.